The van der Waals surface area contributed by atoms with Crippen LogP contribution in [0.15, 0.2) is 46.0 Å². The topological polar surface area (TPSA) is 75.7 Å². The Morgan fingerprint density at radius 2 is 1.92 bits per heavy atom. The molecule has 3 rings (SSSR count). The third-order valence-corrected chi connectivity index (χ3v) is 7.70. The summed E-state index contributed by atoms with van der Waals surface area (Å²) in [6, 6.07) is 10.8. The van der Waals surface area contributed by atoms with Crippen molar-refractivity contribution < 1.29 is 17.9 Å². The number of methoxy groups -OCH3 is 1. The van der Waals surface area contributed by atoms with E-state index in [0.717, 1.165) is 11.3 Å². The van der Waals surface area contributed by atoms with E-state index in [2.05, 4.69) is 5.32 Å². The van der Waals surface area contributed by atoms with Crippen molar-refractivity contribution in [3.8, 4) is 5.75 Å². The number of rotatable bonds is 6. The highest BCUT2D eigenvalue weighted by Gasteiger charge is 2.30. The smallest absolute Gasteiger partial charge is 0.252 e. The van der Waals surface area contributed by atoms with Gasteiger partial charge in [-0.15, -0.1) is 11.3 Å². The number of hydrogen-bond acceptors (Lipinski definition) is 5. The van der Waals surface area contributed by atoms with Gasteiger partial charge in [-0.05, 0) is 42.0 Å². The maximum absolute atomic E-state index is 12.5. The first-order valence-electron chi connectivity index (χ1n) is 8.45. The number of ether oxygens (including phenoxy) is 1. The van der Waals surface area contributed by atoms with Crippen LogP contribution in [0.3, 0.4) is 0 Å². The molecule has 1 saturated heterocycles. The lowest BCUT2D eigenvalue weighted by molar-refractivity contribution is -0.121. The Hall–Kier alpha value is -1.90. The molecule has 1 N–H and O–H groups in total. The predicted molar refractivity (Wildman–Crippen MR) is 101 cm³/mol. The van der Waals surface area contributed by atoms with Crippen molar-refractivity contribution in [2.24, 2.45) is 0 Å². The highest BCUT2D eigenvalue weighted by Crippen LogP contribution is 2.24. The van der Waals surface area contributed by atoms with Crippen molar-refractivity contribution in [1.29, 1.82) is 0 Å². The quantitative estimate of drug-likeness (QED) is 0.816. The fourth-order valence-corrected chi connectivity index (χ4v) is 5.60. The van der Waals surface area contributed by atoms with E-state index in [1.807, 2.05) is 24.3 Å². The molecule has 0 radical (unpaired) electrons. The summed E-state index contributed by atoms with van der Waals surface area (Å²) >= 11 is 1.23. The van der Waals surface area contributed by atoms with Crippen molar-refractivity contribution in [2.45, 2.75) is 29.5 Å². The molecule has 1 aromatic heterocycles. The van der Waals surface area contributed by atoms with E-state index in [9.17, 15) is 13.2 Å². The van der Waals surface area contributed by atoms with Gasteiger partial charge in [0.2, 0.25) is 5.91 Å². The number of nitrogens with one attached hydrogen (secondary N) is 1. The first kappa shape index (κ1) is 18.9. The summed E-state index contributed by atoms with van der Waals surface area (Å²) in [6.07, 6.45) is 1.55. The zero-order valence-corrected chi connectivity index (χ0v) is 16.2. The van der Waals surface area contributed by atoms with Crippen LogP contribution in [0.1, 0.15) is 18.4 Å². The van der Waals surface area contributed by atoms with Gasteiger partial charge in [0.1, 0.15) is 9.96 Å². The van der Waals surface area contributed by atoms with E-state index in [-0.39, 0.29) is 11.9 Å². The highest BCUT2D eigenvalue weighted by atomic mass is 32.2. The molecule has 1 aliphatic rings. The van der Waals surface area contributed by atoms with Gasteiger partial charge in [-0.25, -0.2) is 8.42 Å². The van der Waals surface area contributed by atoms with E-state index in [1.165, 1.54) is 15.6 Å². The molecule has 0 bridgehead atoms. The van der Waals surface area contributed by atoms with Crippen molar-refractivity contribution in [2.75, 3.05) is 20.2 Å². The molecule has 1 aromatic carbocycles. The second-order valence-electron chi connectivity index (χ2n) is 6.20. The molecule has 140 valence electrons. The molecule has 8 heteroatoms. The van der Waals surface area contributed by atoms with Crippen LogP contribution in [0.4, 0.5) is 0 Å². The number of amides is 1. The molecular weight excluding hydrogens is 372 g/mol. The zero-order chi connectivity index (χ0) is 18.6. The minimum atomic E-state index is -3.40. The minimum Gasteiger partial charge on any atom is -0.497 e. The Bertz CT molecular complexity index is 825. The summed E-state index contributed by atoms with van der Waals surface area (Å²) in [6.45, 7) is 0.849. The Kier molecular flexibility index (Phi) is 5.95. The Labute approximate surface area is 157 Å². The number of hydrogen-bond donors (Lipinski definition) is 1. The minimum absolute atomic E-state index is 0.00975. The SMILES string of the molecule is COc1ccc(CC(=O)NC2CCN(S(=O)(=O)c3cccs3)CC2)cc1. The van der Waals surface area contributed by atoms with Crippen molar-refractivity contribution in [1.82, 2.24) is 9.62 Å². The monoisotopic (exact) mass is 394 g/mol. The fourth-order valence-electron chi connectivity index (χ4n) is 2.99. The fraction of sp³-hybridized carbons (Fsp3) is 0.389. The molecule has 1 amide bonds. The molecule has 2 aromatic rings. The molecule has 1 aliphatic heterocycles. The first-order chi connectivity index (χ1) is 12.5. The molecular formula is C18H22N2O4S2. The van der Waals surface area contributed by atoms with Crippen LogP contribution in [0.25, 0.3) is 0 Å². The summed E-state index contributed by atoms with van der Waals surface area (Å²) in [5, 5.41) is 4.78. The Morgan fingerprint density at radius 3 is 2.50 bits per heavy atom. The van der Waals surface area contributed by atoms with Crippen LogP contribution < -0.4 is 10.1 Å². The number of piperidine rings is 1. The van der Waals surface area contributed by atoms with Crippen molar-refractivity contribution in [3.05, 3.63) is 47.3 Å². The van der Waals surface area contributed by atoms with Crippen molar-refractivity contribution >= 4 is 27.3 Å². The molecule has 0 aliphatic carbocycles. The second-order valence-corrected chi connectivity index (χ2v) is 9.32. The van der Waals surface area contributed by atoms with E-state index in [0.29, 0.717) is 36.6 Å². The van der Waals surface area contributed by atoms with Gasteiger partial charge in [-0.2, -0.15) is 4.31 Å². The molecule has 0 unspecified atom stereocenters. The lowest BCUT2D eigenvalue weighted by atomic mass is 10.1. The lowest BCUT2D eigenvalue weighted by Gasteiger charge is -2.31. The van der Waals surface area contributed by atoms with Crippen LogP contribution in [-0.2, 0) is 21.2 Å². The largest absolute Gasteiger partial charge is 0.497 e. The summed E-state index contributed by atoms with van der Waals surface area (Å²) in [7, 11) is -1.79. The molecule has 26 heavy (non-hydrogen) atoms. The number of benzene rings is 1. The third kappa shape index (κ3) is 4.44. The van der Waals surface area contributed by atoms with Gasteiger partial charge in [0.25, 0.3) is 10.0 Å². The average Bonchev–Trinajstić information content (AvgIpc) is 3.18. The van der Waals surface area contributed by atoms with E-state index >= 15 is 0 Å². The summed E-state index contributed by atoms with van der Waals surface area (Å²) in [4.78, 5) is 12.2. The van der Waals surface area contributed by atoms with Crippen LogP contribution in [0, 0.1) is 0 Å². The van der Waals surface area contributed by atoms with Gasteiger partial charge in [0.05, 0.1) is 13.5 Å². The van der Waals surface area contributed by atoms with Crippen molar-refractivity contribution in [3.63, 3.8) is 0 Å². The van der Waals surface area contributed by atoms with Gasteiger partial charge >= 0.3 is 0 Å². The van der Waals surface area contributed by atoms with Crippen LogP contribution >= 0.6 is 11.3 Å². The molecule has 6 nitrogen and oxygen atoms in total. The summed E-state index contributed by atoms with van der Waals surface area (Å²) in [5.74, 6) is 0.711. The zero-order valence-electron chi connectivity index (χ0n) is 14.6. The van der Waals surface area contributed by atoms with Crippen LogP contribution in [0.5, 0.6) is 5.75 Å². The predicted octanol–water partition coefficient (Wildman–Crippen LogP) is 2.27. The Balaban J connectivity index is 1.49. The maximum Gasteiger partial charge on any atom is 0.252 e. The average molecular weight is 395 g/mol. The molecule has 2 heterocycles. The van der Waals surface area contributed by atoms with E-state index in [4.69, 9.17) is 4.74 Å². The van der Waals surface area contributed by atoms with Crippen LogP contribution in [0.2, 0.25) is 0 Å². The van der Waals surface area contributed by atoms with E-state index < -0.39 is 10.0 Å². The normalized spacial score (nSPS) is 16.3. The summed E-state index contributed by atoms with van der Waals surface area (Å²) in [5.41, 5.74) is 0.918. The standard InChI is InChI=1S/C18H22N2O4S2/c1-24-16-6-4-14(5-7-16)13-17(21)19-15-8-10-20(11-9-15)26(22,23)18-3-2-12-25-18/h2-7,12,15H,8-11,13H2,1H3,(H,19,21). The molecule has 0 spiro atoms. The second kappa shape index (κ2) is 8.20. The number of carbonyl (C=O) groups is 1. The highest BCUT2D eigenvalue weighted by molar-refractivity contribution is 7.91. The Morgan fingerprint density at radius 1 is 1.23 bits per heavy atom. The first-order valence-corrected chi connectivity index (χ1v) is 10.8. The summed E-state index contributed by atoms with van der Waals surface area (Å²) < 4.78 is 32.0. The van der Waals surface area contributed by atoms with E-state index in [1.54, 1.807) is 24.6 Å². The van der Waals surface area contributed by atoms with Crippen LogP contribution in [-0.4, -0.2) is 44.9 Å². The van der Waals surface area contributed by atoms with Gasteiger partial charge in [-0.1, -0.05) is 18.2 Å². The number of sulfonamides is 1. The van der Waals surface area contributed by atoms with Gasteiger partial charge in [0, 0.05) is 19.1 Å². The maximum atomic E-state index is 12.5. The van der Waals surface area contributed by atoms with Gasteiger partial charge in [-0.3, -0.25) is 4.79 Å². The van der Waals surface area contributed by atoms with Gasteiger partial charge in [0.15, 0.2) is 0 Å². The van der Waals surface area contributed by atoms with Gasteiger partial charge < -0.3 is 10.1 Å². The lowest BCUT2D eigenvalue weighted by Crippen LogP contribution is -2.46. The molecule has 0 saturated carbocycles. The third-order valence-electron chi connectivity index (χ3n) is 4.43. The number of nitrogens with zero attached hydrogens (tertiary/aromatic N) is 1. The molecule has 1 fully saturated rings. The number of thiophene rings is 1. The molecule has 0 atom stereocenters. The number of carbonyl (C=O) groups excluding carboxylic acids is 1.